The molecule has 2 rings (SSSR count). The van der Waals surface area contributed by atoms with E-state index in [-0.39, 0.29) is 6.42 Å². The van der Waals surface area contributed by atoms with E-state index < -0.39 is 17.7 Å². The van der Waals surface area contributed by atoms with Crippen molar-refractivity contribution in [1.82, 2.24) is 4.98 Å². The highest BCUT2D eigenvalue weighted by molar-refractivity contribution is 7.09. The SMILES string of the molecule is Cc1ncsc1C(O)Cc1ccc(F)c(F)c1. The molecule has 5 heteroatoms. The first kappa shape index (κ1) is 12.1. The lowest BCUT2D eigenvalue weighted by molar-refractivity contribution is 0.181. The summed E-state index contributed by atoms with van der Waals surface area (Å²) < 4.78 is 25.7. The van der Waals surface area contributed by atoms with E-state index in [1.165, 1.54) is 17.4 Å². The van der Waals surface area contributed by atoms with Gasteiger partial charge in [-0.3, -0.25) is 0 Å². The highest BCUT2D eigenvalue weighted by atomic mass is 32.1. The summed E-state index contributed by atoms with van der Waals surface area (Å²) in [7, 11) is 0. The number of rotatable bonds is 3. The van der Waals surface area contributed by atoms with Crippen molar-refractivity contribution < 1.29 is 13.9 Å². The number of aliphatic hydroxyl groups excluding tert-OH is 1. The Balaban J connectivity index is 2.16. The molecule has 0 aliphatic heterocycles. The first-order chi connectivity index (χ1) is 8.08. The van der Waals surface area contributed by atoms with Gasteiger partial charge in [-0.05, 0) is 24.6 Å². The summed E-state index contributed by atoms with van der Waals surface area (Å²) in [6.07, 6.45) is -0.479. The fourth-order valence-electron chi connectivity index (χ4n) is 1.61. The Morgan fingerprint density at radius 1 is 1.35 bits per heavy atom. The Morgan fingerprint density at radius 2 is 2.12 bits per heavy atom. The van der Waals surface area contributed by atoms with Gasteiger partial charge < -0.3 is 5.11 Å². The Morgan fingerprint density at radius 3 is 2.71 bits per heavy atom. The van der Waals surface area contributed by atoms with Crippen LogP contribution in [0.5, 0.6) is 0 Å². The van der Waals surface area contributed by atoms with Crippen LogP contribution < -0.4 is 0 Å². The molecule has 0 aliphatic carbocycles. The fourth-order valence-corrected chi connectivity index (χ4v) is 2.40. The van der Waals surface area contributed by atoms with E-state index in [0.717, 1.165) is 22.7 Å². The van der Waals surface area contributed by atoms with Crippen molar-refractivity contribution in [3.8, 4) is 0 Å². The molecule has 0 saturated heterocycles. The molecule has 1 N–H and O–H groups in total. The lowest BCUT2D eigenvalue weighted by Gasteiger charge is -2.09. The van der Waals surface area contributed by atoms with Gasteiger partial charge >= 0.3 is 0 Å². The average Bonchev–Trinajstić information content (AvgIpc) is 2.70. The van der Waals surface area contributed by atoms with Crippen LogP contribution >= 0.6 is 11.3 Å². The summed E-state index contributed by atoms with van der Waals surface area (Å²) >= 11 is 1.36. The van der Waals surface area contributed by atoms with E-state index >= 15 is 0 Å². The second-order valence-electron chi connectivity index (χ2n) is 3.77. The van der Waals surface area contributed by atoms with E-state index in [2.05, 4.69) is 4.98 Å². The van der Waals surface area contributed by atoms with Gasteiger partial charge in [0.2, 0.25) is 0 Å². The summed E-state index contributed by atoms with van der Waals surface area (Å²) in [4.78, 5) is 4.79. The van der Waals surface area contributed by atoms with Crippen LogP contribution in [0.3, 0.4) is 0 Å². The van der Waals surface area contributed by atoms with E-state index in [1.807, 2.05) is 0 Å². The van der Waals surface area contributed by atoms with Crippen LogP contribution in [-0.4, -0.2) is 10.1 Å². The molecule has 0 aliphatic rings. The Bertz CT molecular complexity index is 527. The van der Waals surface area contributed by atoms with Crippen molar-refractivity contribution in [3.63, 3.8) is 0 Å². The molecule has 2 nitrogen and oxygen atoms in total. The van der Waals surface area contributed by atoms with Gasteiger partial charge in [0.1, 0.15) is 0 Å². The van der Waals surface area contributed by atoms with E-state index in [1.54, 1.807) is 12.4 Å². The van der Waals surface area contributed by atoms with Crippen molar-refractivity contribution >= 4 is 11.3 Å². The first-order valence-corrected chi connectivity index (χ1v) is 5.98. The zero-order valence-corrected chi connectivity index (χ0v) is 9.97. The average molecular weight is 255 g/mol. The van der Waals surface area contributed by atoms with E-state index in [0.29, 0.717) is 5.56 Å². The van der Waals surface area contributed by atoms with Crippen LogP contribution in [0, 0.1) is 18.6 Å². The second-order valence-corrected chi connectivity index (χ2v) is 4.66. The predicted octanol–water partition coefficient (Wildman–Crippen LogP) is 3.01. The fraction of sp³-hybridized carbons (Fsp3) is 0.250. The summed E-state index contributed by atoms with van der Waals surface area (Å²) in [5.41, 5.74) is 2.98. The van der Waals surface area contributed by atoms with E-state index in [4.69, 9.17) is 0 Å². The highest BCUT2D eigenvalue weighted by Gasteiger charge is 2.14. The molecule has 1 heterocycles. The molecule has 1 atom stereocenters. The smallest absolute Gasteiger partial charge is 0.159 e. The van der Waals surface area contributed by atoms with Gasteiger partial charge in [0.05, 0.1) is 22.2 Å². The summed E-state index contributed by atoms with van der Waals surface area (Å²) in [6.45, 7) is 1.81. The van der Waals surface area contributed by atoms with Crippen molar-refractivity contribution in [2.24, 2.45) is 0 Å². The maximum Gasteiger partial charge on any atom is 0.159 e. The van der Waals surface area contributed by atoms with Crippen molar-refractivity contribution in [3.05, 3.63) is 51.5 Å². The molecular formula is C12H11F2NOS. The maximum absolute atomic E-state index is 13.0. The quantitative estimate of drug-likeness (QED) is 0.914. The van der Waals surface area contributed by atoms with Gasteiger partial charge in [-0.1, -0.05) is 6.07 Å². The minimum atomic E-state index is -0.893. The van der Waals surface area contributed by atoms with Gasteiger partial charge in [0.15, 0.2) is 11.6 Å². The Kier molecular flexibility index (Phi) is 3.49. The minimum Gasteiger partial charge on any atom is -0.387 e. The third-order valence-corrected chi connectivity index (χ3v) is 3.53. The highest BCUT2D eigenvalue weighted by Crippen LogP contribution is 2.25. The molecule has 0 spiro atoms. The first-order valence-electron chi connectivity index (χ1n) is 5.10. The van der Waals surface area contributed by atoms with Crippen molar-refractivity contribution in [1.29, 1.82) is 0 Å². The number of benzene rings is 1. The second kappa shape index (κ2) is 4.89. The number of aromatic nitrogens is 1. The van der Waals surface area contributed by atoms with Crippen molar-refractivity contribution in [2.45, 2.75) is 19.4 Å². The summed E-state index contributed by atoms with van der Waals surface area (Å²) in [6, 6.07) is 3.64. The summed E-state index contributed by atoms with van der Waals surface area (Å²) in [5, 5.41) is 9.96. The number of hydrogen-bond donors (Lipinski definition) is 1. The molecule has 0 radical (unpaired) electrons. The molecule has 1 aromatic carbocycles. The van der Waals surface area contributed by atoms with Crippen LogP contribution in [0.15, 0.2) is 23.7 Å². The number of aryl methyl sites for hydroxylation is 1. The minimum absolute atomic E-state index is 0.250. The molecule has 0 saturated carbocycles. The maximum atomic E-state index is 13.0. The zero-order chi connectivity index (χ0) is 12.4. The van der Waals surface area contributed by atoms with Crippen LogP contribution in [0.25, 0.3) is 0 Å². The van der Waals surface area contributed by atoms with Crippen LogP contribution in [0.4, 0.5) is 8.78 Å². The molecule has 1 aromatic heterocycles. The zero-order valence-electron chi connectivity index (χ0n) is 9.15. The molecular weight excluding hydrogens is 244 g/mol. The number of hydrogen-bond acceptors (Lipinski definition) is 3. The molecule has 0 fully saturated rings. The molecule has 2 aromatic rings. The van der Waals surface area contributed by atoms with Crippen molar-refractivity contribution in [2.75, 3.05) is 0 Å². The van der Waals surface area contributed by atoms with Gasteiger partial charge in [-0.15, -0.1) is 11.3 Å². The number of aliphatic hydroxyl groups is 1. The summed E-state index contributed by atoms with van der Waals surface area (Å²) in [5.74, 6) is -1.77. The monoisotopic (exact) mass is 255 g/mol. The topological polar surface area (TPSA) is 33.1 Å². The van der Waals surface area contributed by atoms with Gasteiger partial charge in [-0.2, -0.15) is 0 Å². The van der Waals surface area contributed by atoms with Crippen LogP contribution in [-0.2, 0) is 6.42 Å². The predicted molar refractivity (Wildman–Crippen MR) is 61.9 cm³/mol. The molecule has 90 valence electrons. The van der Waals surface area contributed by atoms with Gasteiger partial charge in [-0.25, -0.2) is 13.8 Å². The normalized spacial score (nSPS) is 12.7. The third-order valence-electron chi connectivity index (χ3n) is 2.50. The molecule has 0 amide bonds. The Hall–Kier alpha value is -1.33. The molecule has 0 bridgehead atoms. The third kappa shape index (κ3) is 2.68. The van der Waals surface area contributed by atoms with Gasteiger partial charge in [0.25, 0.3) is 0 Å². The number of halogens is 2. The van der Waals surface area contributed by atoms with Gasteiger partial charge in [0, 0.05) is 6.42 Å². The number of thiazole rings is 1. The Labute approximate surface area is 102 Å². The molecule has 1 unspecified atom stereocenters. The standard InChI is InChI=1S/C12H11F2NOS/c1-7-12(17-6-15-7)11(16)5-8-2-3-9(13)10(14)4-8/h2-4,6,11,16H,5H2,1H3. The van der Waals surface area contributed by atoms with E-state index in [9.17, 15) is 13.9 Å². The van der Waals surface area contributed by atoms with Crippen LogP contribution in [0.2, 0.25) is 0 Å². The lowest BCUT2D eigenvalue weighted by atomic mass is 10.1. The molecule has 17 heavy (non-hydrogen) atoms. The number of nitrogens with zero attached hydrogens (tertiary/aromatic N) is 1. The van der Waals surface area contributed by atoms with Crippen LogP contribution in [0.1, 0.15) is 22.2 Å². The lowest BCUT2D eigenvalue weighted by Crippen LogP contribution is -2.02. The largest absolute Gasteiger partial charge is 0.387 e.